The third kappa shape index (κ3) is 3.07. The van der Waals surface area contributed by atoms with Crippen LogP contribution in [0.15, 0.2) is 12.4 Å². The van der Waals surface area contributed by atoms with Crippen molar-refractivity contribution < 1.29 is 4.79 Å². The lowest BCUT2D eigenvalue weighted by Crippen LogP contribution is -2.39. The summed E-state index contributed by atoms with van der Waals surface area (Å²) >= 11 is 0. The van der Waals surface area contributed by atoms with E-state index in [1.54, 1.807) is 31.0 Å². The van der Waals surface area contributed by atoms with E-state index >= 15 is 0 Å². The van der Waals surface area contributed by atoms with Crippen molar-refractivity contribution in [1.29, 1.82) is 5.26 Å². The average Bonchev–Trinajstić information content (AvgIpc) is 2.64. The van der Waals surface area contributed by atoms with E-state index in [1.165, 1.54) is 0 Å². The molecule has 0 bridgehead atoms. The van der Waals surface area contributed by atoms with Gasteiger partial charge in [0, 0.05) is 24.8 Å². The third-order valence-corrected chi connectivity index (χ3v) is 2.15. The molecule has 1 heterocycles. The van der Waals surface area contributed by atoms with Crippen LogP contribution in [0.4, 0.5) is 0 Å². The highest BCUT2D eigenvalue weighted by molar-refractivity contribution is 5.83. The molecular formula is C10H15N5O. The molecule has 1 aromatic rings. The van der Waals surface area contributed by atoms with E-state index in [9.17, 15) is 4.79 Å². The van der Waals surface area contributed by atoms with Crippen LogP contribution < -0.4 is 11.1 Å². The third-order valence-electron chi connectivity index (χ3n) is 2.15. The Morgan fingerprint density at radius 1 is 1.81 bits per heavy atom. The first-order chi connectivity index (χ1) is 7.54. The molecule has 6 heteroatoms. The van der Waals surface area contributed by atoms with Crippen LogP contribution in [0.1, 0.15) is 24.9 Å². The normalized spacial score (nSPS) is 13.9. The molecule has 2 atom stereocenters. The predicted molar refractivity (Wildman–Crippen MR) is 58.0 cm³/mol. The summed E-state index contributed by atoms with van der Waals surface area (Å²) in [5.74, 6) is -0.296. The van der Waals surface area contributed by atoms with Crippen molar-refractivity contribution in [1.82, 2.24) is 15.1 Å². The van der Waals surface area contributed by atoms with Crippen molar-refractivity contribution in [2.45, 2.75) is 25.4 Å². The van der Waals surface area contributed by atoms with Gasteiger partial charge in [0.05, 0.1) is 18.7 Å². The van der Waals surface area contributed by atoms with Gasteiger partial charge in [0.1, 0.15) is 6.04 Å². The maximum absolute atomic E-state index is 11.7. The zero-order valence-corrected chi connectivity index (χ0v) is 9.34. The fraction of sp³-hybridized carbons (Fsp3) is 0.500. The lowest BCUT2D eigenvalue weighted by atomic mass is 10.1. The molecule has 0 saturated carbocycles. The maximum Gasteiger partial charge on any atom is 0.241 e. The van der Waals surface area contributed by atoms with E-state index in [4.69, 9.17) is 11.0 Å². The summed E-state index contributed by atoms with van der Waals surface area (Å²) in [6, 6.07) is 1.05. The smallest absolute Gasteiger partial charge is 0.241 e. The van der Waals surface area contributed by atoms with Gasteiger partial charge in [0.2, 0.25) is 5.91 Å². The molecule has 0 radical (unpaired) electrons. The fourth-order valence-electron chi connectivity index (χ4n) is 1.27. The molecule has 1 rings (SSSR count). The Morgan fingerprint density at radius 3 is 3.00 bits per heavy atom. The molecule has 1 aromatic heterocycles. The monoisotopic (exact) mass is 221 g/mol. The Labute approximate surface area is 94.0 Å². The number of nitrogens with two attached hydrogens (primary N) is 1. The quantitative estimate of drug-likeness (QED) is 0.738. The van der Waals surface area contributed by atoms with Gasteiger partial charge in [0.25, 0.3) is 0 Å². The topological polar surface area (TPSA) is 96.7 Å². The largest absolute Gasteiger partial charge is 0.351 e. The number of aromatic nitrogens is 2. The molecule has 0 saturated heterocycles. The molecule has 1 amide bonds. The van der Waals surface area contributed by atoms with E-state index in [1.807, 2.05) is 6.07 Å². The molecular weight excluding hydrogens is 206 g/mol. The van der Waals surface area contributed by atoms with E-state index < -0.39 is 6.04 Å². The predicted octanol–water partition coefficient (Wildman–Crippen LogP) is -0.162. The minimum atomic E-state index is -0.741. The van der Waals surface area contributed by atoms with E-state index in [-0.39, 0.29) is 18.4 Å². The summed E-state index contributed by atoms with van der Waals surface area (Å²) < 4.78 is 1.58. The maximum atomic E-state index is 11.7. The molecule has 0 fully saturated rings. The first-order valence-corrected chi connectivity index (χ1v) is 4.96. The summed E-state index contributed by atoms with van der Waals surface area (Å²) in [4.78, 5) is 11.7. The Bertz CT molecular complexity index is 406. The number of carbonyl (C=O) groups is 1. The SMILES string of the molecule is CC(CC#N)NC(=O)C(N)c1cnn(C)c1. The Kier molecular flexibility index (Phi) is 4.03. The molecule has 2 unspecified atom stereocenters. The van der Waals surface area contributed by atoms with Crippen molar-refractivity contribution in [2.75, 3.05) is 0 Å². The fourth-order valence-corrected chi connectivity index (χ4v) is 1.27. The number of carbonyl (C=O) groups excluding carboxylic acids is 1. The van der Waals surface area contributed by atoms with Crippen LogP contribution in [0.3, 0.4) is 0 Å². The minimum absolute atomic E-state index is 0.194. The van der Waals surface area contributed by atoms with Crippen molar-refractivity contribution in [3.8, 4) is 6.07 Å². The molecule has 0 aromatic carbocycles. The van der Waals surface area contributed by atoms with Crippen LogP contribution in [-0.4, -0.2) is 21.7 Å². The second kappa shape index (κ2) is 5.28. The van der Waals surface area contributed by atoms with Gasteiger partial charge in [-0.05, 0) is 6.92 Å². The second-order valence-corrected chi connectivity index (χ2v) is 3.70. The van der Waals surface area contributed by atoms with E-state index in [2.05, 4.69) is 10.4 Å². The number of rotatable bonds is 4. The summed E-state index contributed by atoms with van der Waals surface area (Å²) in [6.45, 7) is 1.76. The Balaban J connectivity index is 2.58. The molecule has 6 nitrogen and oxygen atoms in total. The highest BCUT2D eigenvalue weighted by Crippen LogP contribution is 2.08. The van der Waals surface area contributed by atoms with Gasteiger partial charge < -0.3 is 11.1 Å². The molecule has 16 heavy (non-hydrogen) atoms. The van der Waals surface area contributed by atoms with Crippen LogP contribution in [-0.2, 0) is 11.8 Å². The number of nitriles is 1. The van der Waals surface area contributed by atoms with Gasteiger partial charge in [-0.1, -0.05) is 0 Å². The Hall–Kier alpha value is -1.87. The molecule has 0 aliphatic heterocycles. The number of nitrogens with one attached hydrogen (secondary N) is 1. The van der Waals surface area contributed by atoms with Crippen LogP contribution in [0.2, 0.25) is 0 Å². The van der Waals surface area contributed by atoms with Crippen molar-refractivity contribution in [3.05, 3.63) is 18.0 Å². The number of aryl methyl sites for hydroxylation is 1. The highest BCUT2D eigenvalue weighted by Gasteiger charge is 2.18. The van der Waals surface area contributed by atoms with Gasteiger partial charge in [-0.3, -0.25) is 9.48 Å². The lowest BCUT2D eigenvalue weighted by molar-refractivity contribution is -0.123. The molecule has 0 aliphatic carbocycles. The van der Waals surface area contributed by atoms with E-state index in [0.717, 1.165) is 0 Å². The molecule has 0 spiro atoms. The van der Waals surface area contributed by atoms with Crippen LogP contribution >= 0.6 is 0 Å². The van der Waals surface area contributed by atoms with Crippen molar-refractivity contribution in [3.63, 3.8) is 0 Å². The molecule has 86 valence electrons. The first-order valence-electron chi connectivity index (χ1n) is 4.96. The highest BCUT2D eigenvalue weighted by atomic mass is 16.2. The lowest BCUT2D eigenvalue weighted by Gasteiger charge is -2.14. The van der Waals surface area contributed by atoms with Crippen LogP contribution in [0.25, 0.3) is 0 Å². The van der Waals surface area contributed by atoms with Gasteiger partial charge in [-0.25, -0.2) is 0 Å². The van der Waals surface area contributed by atoms with Gasteiger partial charge in [-0.2, -0.15) is 10.4 Å². The van der Waals surface area contributed by atoms with Gasteiger partial charge in [-0.15, -0.1) is 0 Å². The van der Waals surface area contributed by atoms with E-state index in [0.29, 0.717) is 5.56 Å². The number of nitrogens with zero attached hydrogens (tertiary/aromatic N) is 3. The molecule has 3 N–H and O–H groups in total. The van der Waals surface area contributed by atoms with Crippen molar-refractivity contribution in [2.24, 2.45) is 12.8 Å². The van der Waals surface area contributed by atoms with Crippen LogP contribution in [0, 0.1) is 11.3 Å². The summed E-state index contributed by atoms with van der Waals surface area (Å²) in [7, 11) is 1.76. The summed E-state index contributed by atoms with van der Waals surface area (Å²) in [5.41, 5.74) is 6.40. The zero-order valence-electron chi connectivity index (χ0n) is 9.34. The van der Waals surface area contributed by atoms with Gasteiger partial charge >= 0.3 is 0 Å². The summed E-state index contributed by atoms with van der Waals surface area (Å²) in [6.07, 6.45) is 3.52. The van der Waals surface area contributed by atoms with Gasteiger partial charge in [0.15, 0.2) is 0 Å². The minimum Gasteiger partial charge on any atom is -0.351 e. The van der Waals surface area contributed by atoms with Crippen LogP contribution in [0.5, 0.6) is 0 Å². The first kappa shape index (κ1) is 12.2. The second-order valence-electron chi connectivity index (χ2n) is 3.70. The number of hydrogen-bond donors (Lipinski definition) is 2. The number of hydrogen-bond acceptors (Lipinski definition) is 4. The average molecular weight is 221 g/mol. The summed E-state index contributed by atoms with van der Waals surface area (Å²) in [5, 5.41) is 15.1. The Morgan fingerprint density at radius 2 is 2.50 bits per heavy atom. The molecule has 0 aliphatic rings. The standard InChI is InChI=1S/C10H15N5O/c1-7(3-4-11)14-10(16)9(12)8-5-13-15(2)6-8/h5-7,9H,3,12H2,1-2H3,(H,14,16). The zero-order chi connectivity index (χ0) is 12.1. The van der Waals surface area contributed by atoms with Crippen molar-refractivity contribution >= 4 is 5.91 Å². The number of amides is 1.